The normalized spacial score (nSPS) is 19.8. The molecule has 0 amide bonds. The standard InChI is InChI=1S/C16H22N4O2S/c1-23(21,22)16-10-18-19-15(16)9-14-3-2-8-20(12-14)11-13-4-6-17-7-5-13/h4-7,10,14H,2-3,8-9,11-12H2,1H3,(H,18,19). The second-order valence-corrected chi connectivity index (χ2v) is 8.27. The minimum atomic E-state index is -3.22. The number of aromatic nitrogens is 3. The molecular formula is C16H22N4O2S. The molecule has 23 heavy (non-hydrogen) atoms. The van der Waals surface area contributed by atoms with E-state index in [1.54, 1.807) is 0 Å². The van der Waals surface area contributed by atoms with Crippen LogP contribution in [0.1, 0.15) is 24.1 Å². The van der Waals surface area contributed by atoms with Crippen molar-refractivity contribution in [3.8, 4) is 0 Å². The van der Waals surface area contributed by atoms with Crippen molar-refractivity contribution in [2.75, 3.05) is 19.3 Å². The fraction of sp³-hybridized carbons (Fsp3) is 0.500. The van der Waals surface area contributed by atoms with Crippen molar-refractivity contribution >= 4 is 9.84 Å². The second kappa shape index (κ2) is 6.80. The van der Waals surface area contributed by atoms with Crippen LogP contribution < -0.4 is 0 Å². The van der Waals surface area contributed by atoms with Crippen molar-refractivity contribution in [2.45, 2.75) is 30.7 Å². The predicted molar refractivity (Wildman–Crippen MR) is 87.6 cm³/mol. The smallest absolute Gasteiger partial charge is 0.178 e. The van der Waals surface area contributed by atoms with E-state index in [-0.39, 0.29) is 0 Å². The molecule has 124 valence electrons. The quantitative estimate of drug-likeness (QED) is 0.900. The Hall–Kier alpha value is -1.73. The van der Waals surface area contributed by atoms with Crippen LogP contribution in [0.2, 0.25) is 0 Å². The summed E-state index contributed by atoms with van der Waals surface area (Å²) in [6, 6.07) is 4.08. The number of H-pyrrole nitrogens is 1. The van der Waals surface area contributed by atoms with Crippen LogP contribution in [-0.2, 0) is 22.8 Å². The Labute approximate surface area is 136 Å². The zero-order valence-corrected chi connectivity index (χ0v) is 14.1. The Morgan fingerprint density at radius 1 is 1.35 bits per heavy atom. The van der Waals surface area contributed by atoms with Crippen molar-refractivity contribution in [1.29, 1.82) is 0 Å². The maximum Gasteiger partial charge on any atom is 0.178 e. The number of hydrogen-bond acceptors (Lipinski definition) is 5. The van der Waals surface area contributed by atoms with Crippen LogP contribution in [0.5, 0.6) is 0 Å². The molecule has 1 fully saturated rings. The molecule has 0 saturated carbocycles. The number of pyridine rings is 1. The number of rotatable bonds is 5. The topological polar surface area (TPSA) is 79.0 Å². The van der Waals surface area contributed by atoms with Gasteiger partial charge in [-0.15, -0.1) is 0 Å². The van der Waals surface area contributed by atoms with Gasteiger partial charge in [-0.3, -0.25) is 15.0 Å². The minimum absolute atomic E-state index is 0.337. The van der Waals surface area contributed by atoms with Crippen LogP contribution in [0.3, 0.4) is 0 Å². The third kappa shape index (κ3) is 4.17. The Bertz CT molecular complexity index is 742. The van der Waals surface area contributed by atoms with Gasteiger partial charge in [0.15, 0.2) is 9.84 Å². The van der Waals surface area contributed by atoms with Crippen LogP contribution in [0.4, 0.5) is 0 Å². The molecule has 0 aliphatic carbocycles. The van der Waals surface area contributed by atoms with Gasteiger partial charge in [-0.05, 0) is 49.4 Å². The zero-order valence-electron chi connectivity index (χ0n) is 13.3. The summed E-state index contributed by atoms with van der Waals surface area (Å²) < 4.78 is 23.6. The number of aromatic amines is 1. The minimum Gasteiger partial charge on any atom is -0.299 e. The lowest BCUT2D eigenvalue weighted by Gasteiger charge is -2.32. The molecule has 3 heterocycles. The molecule has 0 spiro atoms. The third-order valence-electron chi connectivity index (χ3n) is 4.33. The maximum atomic E-state index is 11.8. The fourth-order valence-corrected chi connectivity index (χ4v) is 4.08. The van der Waals surface area contributed by atoms with Crippen LogP contribution in [0.15, 0.2) is 35.6 Å². The lowest BCUT2D eigenvalue weighted by atomic mass is 9.93. The highest BCUT2D eigenvalue weighted by molar-refractivity contribution is 7.90. The summed E-state index contributed by atoms with van der Waals surface area (Å²) >= 11 is 0. The summed E-state index contributed by atoms with van der Waals surface area (Å²) in [5.41, 5.74) is 2.00. The molecule has 1 unspecified atom stereocenters. The molecule has 2 aromatic rings. The highest BCUT2D eigenvalue weighted by atomic mass is 32.2. The van der Waals surface area contributed by atoms with Crippen LogP contribution in [0, 0.1) is 5.92 Å². The average Bonchev–Trinajstić information content (AvgIpc) is 2.97. The van der Waals surface area contributed by atoms with Gasteiger partial charge in [0.2, 0.25) is 0 Å². The van der Waals surface area contributed by atoms with Gasteiger partial charge in [0.05, 0.1) is 11.9 Å². The van der Waals surface area contributed by atoms with E-state index in [0.717, 1.165) is 44.6 Å². The van der Waals surface area contributed by atoms with Crippen LogP contribution in [0.25, 0.3) is 0 Å². The van der Waals surface area contributed by atoms with Gasteiger partial charge in [0, 0.05) is 31.7 Å². The SMILES string of the molecule is CS(=O)(=O)c1cn[nH]c1CC1CCCN(Cc2ccncc2)C1. The van der Waals surface area contributed by atoms with Crippen LogP contribution in [-0.4, -0.2) is 47.8 Å². The van der Waals surface area contributed by atoms with E-state index in [0.29, 0.717) is 10.8 Å². The predicted octanol–water partition coefficient (Wildman–Crippen LogP) is 1.66. The largest absolute Gasteiger partial charge is 0.299 e. The molecule has 1 N–H and O–H groups in total. The first-order valence-electron chi connectivity index (χ1n) is 7.86. The Morgan fingerprint density at radius 2 is 2.13 bits per heavy atom. The van der Waals surface area contributed by atoms with Gasteiger partial charge >= 0.3 is 0 Å². The molecule has 0 bridgehead atoms. The first-order valence-corrected chi connectivity index (χ1v) is 9.75. The van der Waals surface area contributed by atoms with E-state index in [9.17, 15) is 8.42 Å². The van der Waals surface area contributed by atoms with E-state index >= 15 is 0 Å². The lowest BCUT2D eigenvalue weighted by Crippen LogP contribution is -2.35. The summed E-state index contributed by atoms with van der Waals surface area (Å²) in [7, 11) is -3.22. The lowest BCUT2D eigenvalue weighted by molar-refractivity contribution is 0.166. The van der Waals surface area contributed by atoms with Crippen molar-refractivity contribution in [2.24, 2.45) is 5.92 Å². The number of piperidine rings is 1. The maximum absolute atomic E-state index is 11.8. The molecule has 2 aromatic heterocycles. The number of nitrogens with one attached hydrogen (secondary N) is 1. The van der Waals surface area contributed by atoms with Gasteiger partial charge in [0.1, 0.15) is 4.90 Å². The van der Waals surface area contributed by atoms with E-state index < -0.39 is 9.84 Å². The summed E-state index contributed by atoms with van der Waals surface area (Å²) in [4.78, 5) is 6.82. The Morgan fingerprint density at radius 3 is 2.87 bits per heavy atom. The molecule has 6 nitrogen and oxygen atoms in total. The molecule has 7 heteroatoms. The molecular weight excluding hydrogens is 312 g/mol. The van der Waals surface area contributed by atoms with E-state index in [2.05, 4.69) is 20.1 Å². The third-order valence-corrected chi connectivity index (χ3v) is 5.48. The number of likely N-dealkylation sites (tertiary alicyclic amines) is 1. The fourth-order valence-electron chi connectivity index (χ4n) is 3.26. The van der Waals surface area contributed by atoms with Gasteiger partial charge in [-0.2, -0.15) is 5.10 Å². The average molecular weight is 334 g/mol. The molecule has 1 saturated heterocycles. The Balaban J connectivity index is 1.64. The molecule has 3 rings (SSSR count). The molecule has 0 radical (unpaired) electrons. The molecule has 1 atom stereocenters. The summed E-state index contributed by atoms with van der Waals surface area (Å²) in [5.74, 6) is 0.450. The molecule has 1 aliphatic heterocycles. The number of nitrogens with zero attached hydrogens (tertiary/aromatic N) is 3. The highest BCUT2D eigenvalue weighted by Gasteiger charge is 2.24. The monoisotopic (exact) mass is 334 g/mol. The first kappa shape index (κ1) is 16.1. The van der Waals surface area contributed by atoms with Gasteiger partial charge in [-0.1, -0.05) is 0 Å². The van der Waals surface area contributed by atoms with Crippen LogP contribution >= 0.6 is 0 Å². The number of sulfone groups is 1. The zero-order chi connectivity index (χ0) is 16.3. The number of hydrogen-bond donors (Lipinski definition) is 1. The summed E-state index contributed by atoms with van der Waals surface area (Å²) in [6.45, 7) is 2.98. The van der Waals surface area contributed by atoms with Gasteiger partial charge in [0.25, 0.3) is 0 Å². The van der Waals surface area contributed by atoms with E-state index in [4.69, 9.17) is 0 Å². The second-order valence-electron chi connectivity index (χ2n) is 6.29. The van der Waals surface area contributed by atoms with Gasteiger partial charge < -0.3 is 0 Å². The van der Waals surface area contributed by atoms with Crippen molar-refractivity contribution in [3.05, 3.63) is 42.0 Å². The van der Waals surface area contributed by atoms with E-state index in [1.807, 2.05) is 24.5 Å². The van der Waals surface area contributed by atoms with E-state index in [1.165, 1.54) is 18.0 Å². The summed E-state index contributed by atoms with van der Waals surface area (Å²) in [6.07, 6.45) is 9.28. The summed E-state index contributed by atoms with van der Waals surface area (Å²) in [5, 5.41) is 6.78. The first-order chi connectivity index (χ1) is 11.0. The molecule has 1 aliphatic rings. The van der Waals surface area contributed by atoms with Crippen molar-refractivity contribution in [3.63, 3.8) is 0 Å². The highest BCUT2D eigenvalue weighted by Crippen LogP contribution is 2.24. The van der Waals surface area contributed by atoms with Gasteiger partial charge in [-0.25, -0.2) is 8.42 Å². The van der Waals surface area contributed by atoms with Crippen molar-refractivity contribution < 1.29 is 8.42 Å². The molecule has 0 aromatic carbocycles. The van der Waals surface area contributed by atoms with Crippen molar-refractivity contribution in [1.82, 2.24) is 20.1 Å². The Kier molecular flexibility index (Phi) is 4.77.